The number of guanidine groups is 1. The lowest BCUT2D eigenvalue weighted by Gasteiger charge is -2.12. The summed E-state index contributed by atoms with van der Waals surface area (Å²) < 4.78 is 7.14. The van der Waals surface area contributed by atoms with Crippen molar-refractivity contribution in [3.05, 3.63) is 71.9 Å². The summed E-state index contributed by atoms with van der Waals surface area (Å²) in [6, 6.07) is 12.2. The topological polar surface area (TPSA) is 76.4 Å². The number of nitrogens with zero attached hydrogens (tertiary/aromatic N) is 4. The summed E-state index contributed by atoms with van der Waals surface area (Å²) in [5.74, 6) is 3.42. The number of hydrogen-bond acceptors (Lipinski definition) is 4. The van der Waals surface area contributed by atoms with Crippen LogP contribution < -0.4 is 15.4 Å². The van der Waals surface area contributed by atoms with Crippen LogP contribution in [0.4, 0.5) is 0 Å². The standard InChI is InChI=1S/C21H26N6O.HI/c1-16-23-12-13-27(16)20-9-6-18(14-25-20)15-26-21(22-2)24-11-10-17-4-7-19(28-3)8-5-17;/h4-9,12-14H,10-11,15H2,1-3H3,(H2,22,24,26);1H. The van der Waals surface area contributed by atoms with Gasteiger partial charge in [-0.15, -0.1) is 24.0 Å². The van der Waals surface area contributed by atoms with Crippen molar-refractivity contribution in [2.75, 3.05) is 20.7 Å². The molecule has 29 heavy (non-hydrogen) atoms. The molecule has 2 N–H and O–H groups in total. The molecule has 154 valence electrons. The fraction of sp³-hybridized carbons (Fsp3) is 0.286. The number of pyridine rings is 1. The predicted octanol–water partition coefficient (Wildman–Crippen LogP) is 3.11. The van der Waals surface area contributed by atoms with E-state index in [1.54, 1.807) is 20.4 Å². The highest BCUT2D eigenvalue weighted by Crippen LogP contribution is 2.11. The van der Waals surface area contributed by atoms with Crippen LogP contribution in [0.15, 0.2) is 60.0 Å². The van der Waals surface area contributed by atoms with Gasteiger partial charge in [-0.1, -0.05) is 18.2 Å². The summed E-state index contributed by atoms with van der Waals surface area (Å²) in [5.41, 5.74) is 2.33. The van der Waals surface area contributed by atoms with E-state index in [0.29, 0.717) is 6.54 Å². The molecule has 0 saturated heterocycles. The number of aromatic nitrogens is 3. The van der Waals surface area contributed by atoms with Crippen molar-refractivity contribution in [3.63, 3.8) is 0 Å². The SMILES string of the molecule is CN=C(NCCc1ccc(OC)cc1)NCc1ccc(-n2ccnc2C)nc1.I. The monoisotopic (exact) mass is 506 g/mol. The average molecular weight is 506 g/mol. The zero-order valence-corrected chi connectivity index (χ0v) is 19.3. The molecule has 2 aromatic heterocycles. The van der Waals surface area contributed by atoms with Crippen LogP contribution >= 0.6 is 24.0 Å². The van der Waals surface area contributed by atoms with Gasteiger partial charge in [0.05, 0.1) is 7.11 Å². The minimum absolute atomic E-state index is 0. The molecule has 7 nitrogen and oxygen atoms in total. The van der Waals surface area contributed by atoms with Gasteiger partial charge in [0.2, 0.25) is 0 Å². The predicted molar refractivity (Wildman–Crippen MR) is 126 cm³/mol. The first kappa shape index (κ1) is 22.7. The number of halogens is 1. The first-order valence-electron chi connectivity index (χ1n) is 9.22. The summed E-state index contributed by atoms with van der Waals surface area (Å²) >= 11 is 0. The number of imidazole rings is 1. The van der Waals surface area contributed by atoms with Crippen LogP contribution in [-0.2, 0) is 13.0 Å². The molecule has 0 bridgehead atoms. The van der Waals surface area contributed by atoms with Crippen molar-refractivity contribution in [1.82, 2.24) is 25.2 Å². The molecular weight excluding hydrogens is 479 g/mol. The van der Waals surface area contributed by atoms with E-state index in [4.69, 9.17) is 4.74 Å². The number of hydrogen-bond donors (Lipinski definition) is 2. The van der Waals surface area contributed by atoms with Gasteiger partial charge in [0, 0.05) is 38.7 Å². The molecule has 0 fully saturated rings. The van der Waals surface area contributed by atoms with Gasteiger partial charge in [-0.05, 0) is 42.7 Å². The maximum atomic E-state index is 5.18. The Balaban J connectivity index is 0.00000300. The molecule has 0 atom stereocenters. The molecule has 0 amide bonds. The first-order chi connectivity index (χ1) is 13.7. The van der Waals surface area contributed by atoms with Crippen LogP contribution in [0.3, 0.4) is 0 Å². The maximum absolute atomic E-state index is 5.18. The van der Waals surface area contributed by atoms with E-state index in [1.165, 1.54) is 5.56 Å². The van der Waals surface area contributed by atoms with E-state index in [1.807, 2.05) is 42.1 Å². The van der Waals surface area contributed by atoms with Crippen LogP contribution in [0.25, 0.3) is 5.82 Å². The summed E-state index contributed by atoms with van der Waals surface area (Å²) in [7, 11) is 3.44. The van der Waals surface area contributed by atoms with E-state index in [-0.39, 0.29) is 24.0 Å². The van der Waals surface area contributed by atoms with Crippen molar-refractivity contribution in [2.24, 2.45) is 4.99 Å². The first-order valence-corrected chi connectivity index (χ1v) is 9.22. The minimum atomic E-state index is 0. The Morgan fingerprint density at radius 2 is 1.83 bits per heavy atom. The van der Waals surface area contributed by atoms with Crippen LogP contribution in [0.2, 0.25) is 0 Å². The lowest BCUT2D eigenvalue weighted by atomic mass is 10.1. The van der Waals surface area contributed by atoms with Gasteiger partial charge in [0.1, 0.15) is 17.4 Å². The number of aryl methyl sites for hydroxylation is 1. The zero-order valence-electron chi connectivity index (χ0n) is 16.9. The summed E-state index contributed by atoms with van der Waals surface area (Å²) in [6.45, 7) is 3.40. The van der Waals surface area contributed by atoms with Gasteiger partial charge in [0.15, 0.2) is 5.96 Å². The zero-order chi connectivity index (χ0) is 19.8. The van der Waals surface area contributed by atoms with Crippen LogP contribution in [0, 0.1) is 6.92 Å². The molecule has 1 aromatic carbocycles. The highest BCUT2D eigenvalue weighted by molar-refractivity contribution is 14.0. The van der Waals surface area contributed by atoms with Gasteiger partial charge >= 0.3 is 0 Å². The van der Waals surface area contributed by atoms with Crippen molar-refractivity contribution >= 4 is 29.9 Å². The Morgan fingerprint density at radius 3 is 2.41 bits per heavy atom. The number of rotatable bonds is 7. The normalized spacial score (nSPS) is 10.9. The number of ether oxygens (including phenoxy) is 1. The fourth-order valence-electron chi connectivity index (χ4n) is 2.81. The van der Waals surface area contributed by atoms with Crippen LogP contribution in [0.1, 0.15) is 17.0 Å². The Hall–Kier alpha value is -2.62. The van der Waals surface area contributed by atoms with Crippen molar-refractivity contribution in [3.8, 4) is 11.6 Å². The van der Waals surface area contributed by atoms with E-state index < -0.39 is 0 Å². The Kier molecular flexibility index (Phi) is 8.91. The van der Waals surface area contributed by atoms with Crippen LogP contribution in [-0.4, -0.2) is 41.2 Å². The fourth-order valence-corrected chi connectivity index (χ4v) is 2.81. The summed E-state index contributed by atoms with van der Waals surface area (Å²) in [4.78, 5) is 13.0. The third kappa shape index (κ3) is 6.45. The molecule has 0 spiro atoms. The second kappa shape index (κ2) is 11.4. The summed E-state index contributed by atoms with van der Waals surface area (Å²) in [6.07, 6.45) is 6.45. The number of benzene rings is 1. The highest BCUT2D eigenvalue weighted by atomic mass is 127. The highest BCUT2D eigenvalue weighted by Gasteiger charge is 2.03. The number of aliphatic imine (C=N–C) groups is 1. The lowest BCUT2D eigenvalue weighted by Crippen LogP contribution is -2.37. The molecule has 3 aromatic rings. The average Bonchev–Trinajstić information content (AvgIpc) is 3.17. The molecule has 0 aliphatic rings. The molecule has 0 unspecified atom stereocenters. The molecule has 0 saturated carbocycles. The van der Waals surface area contributed by atoms with Crippen LogP contribution in [0.5, 0.6) is 5.75 Å². The van der Waals surface area contributed by atoms with Gasteiger partial charge in [-0.3, -0.25) is 9.56 Å². The molecule has 0 aliphatic carbocycles. The third-order valence-corrected chi connectivity index (χ3v) is 4.43. The van der Waals surface area contributed by atoms with Gasteiger partial charge in [-0.25, -0.2) is 9.97 Å². The van der Waals surface area contributed by atoms with E-state index >= 15 is 0 Å². The van der Waals surface area contributed by atoms with Crippen molar-refractivity contribution in [1.29, 1.82) is 0 Å². The van der Waals surface area contributed by atoms with E-state index in [9.17, 15) is 0 Å². The number of methoxy groups -OCH3 is 1. The molecule has 0 aliphatic heterocycles. The smallest absolute Gasteiger partial charge is 0.191 e. The molecule has 8 heteroatoms. The molecule has 0 radical (unpaired) electrons. The second-order valence-corrected chi connectivity index (χ2v) is 6.32. The molecular formula is C21H27IN6O. The molecule has 2 heterocycles. The van der Waals surface area contributed by atoms with E-state index in [0.717, 1.165) is 41.9 Å². The van der Waals surface area contributed by atoms with Gasteiger partial charge in [0.25, 0.3) is 0 Å². The third-order valence-electron chi connectivity index (χ3n) is 4.43. The van der Waals surface area contributed by atoms with Gasteiger partial charge in [-0.2, -0.15) is 0 Å². The Labute approximate surface area is 188 Å². The number of nitrogens with one attached hydrogen (secondary N) is 2. The summed E-state index contributed by atoms with van der Waals surface area (Å²) in [5, 5.41) is 6.65. The maximum Gasteiger partial charge on any atom is 0.191 e. The van der Waals surface area contributed by atoms with Crippen molar-refractivity contribution < 1.29 is 4.74 Å². The largest absolute Gasteiger partial charge is 0.497 e. The Morgan fingerprint density at radius 1 is 1.07 bits per heavy atom. The van der Waals surface area contributed by atoms with Crippen molar-refractivity contribution in [2.45, 2.75) is 19.9 Å². The second-order valence-electron chi connectivity index (χ2n) is 6.32. The lowest BCUT2D eigenvalue weighted by molar-refractivity contribution is 0.414. The minimum Gasteiger partial charge on any atom is -0.497 e. The molecule has 3 rings (SSSR count). The van der Waals surface area contributed by atoms with Gasteiger partial charge < -0.3 is 15.4 Å². The Bertz CT molecular complexity index is 906. The quantitative estimate of drug-likeness (QED) is 0.293. The van der Waals surface area contributed by atoms with E-state index in [2.05, 4.69) is 43.8 Å².